The maximum Gasteiger partial charge on any atom is 0.516 e. The molecule has 0 aliphatic rings. The monoisotopic (exact) mass is 372 g/mol. The largest absolute Gasteiger partial charge is 0.516 e. The molecule has 0 saturated heterocycles. The fraction of sp³-hybridized carbons (Fsp3) is 0.462. The van der Waals surface area contributed by atoms with E-state index >= 15 is 0 Å². The summed E-state index contributed by atoms with van der Waals surface area (Å²) < 4.78 is 61.5. The summed E-state index contributed by atoms with van der Waals surface area (Å²) >= 11 is 5.82. The van der Waals surface area contributed by atoms with Gasteiger partial charge in [0.05, 0.1) is 11.4 Å². The molecular formula is C13H16ClF3N2O3S. The molecule has 0 aliphatic carbocycles. The second-order valence-corrected chi connectivity index (χ2v) is 6.85. The van der Waals surface area contributed by atoms with E-state index < -0.39 is 15.5 Å². The average Bonchev–Trinajstić information content (AvgIpc) is 2.44. The summed E-state index contributed by atoms with van der Waals surface area (Å²) in [6.07, 6.45) is 0.485. The van der Waals surface area contributed by atoms with Crippen LogP contribution in [0.5, 0.6) is 0 Å². The van der Waals surface area contributed by atoms with Gasteiger partial charge < -0.3 is 4.84 Å². The Morgan fingerprint density at radius 1 is 1.43 bits per heavy atom. The van der Waals surface area contributed by atoms with Crippen LogP contribution in [0.1, 0.15) is 32.8 Å². The lowest BCUT2D eigenvalue weighted by Crippen LogP contribution is -2.30. The topological polar surface area (TPSA) is 67.8 Å². The summed E-state index contributed by atoms with van der Waals surface area (Å²) in [6, 6.07) is 3.69. The molecule has 1 atom stereocenters. The number of alkyl halides is 3. The molecule has 0 radical (unpaired) electrons. The van der Waals surface area contributed by atoms with Crippen molar-refractivity contribution in [2.45, 2.75) is 38.8 Å². The number of halogens is 4. The lowest BCUT2D eigenvalue weighted by molar-refractivity contribution is -0.0429. The molecule has 0 bridgehead atoms. The molecule has 0 aliphatic heterocycles. The van der Waals surface area contributed by atoms with Gasteiger partial charge in [-0.3, -0.25) is 4.72 Å². The predicted molar refractivity (Wildman–Crippen MR) is 83.1 cm³/mol. The Kier molecular flexibility index (Phi) is 6.29. The second kappa shape index (κ2) is 7.39. The van der Waals surface area contributed by atoms with Crippen molar-refractivity contribution >= 4 is 33.0 Å². The quantitative estimate of drug-likeness (QED) is 0.602. The van der Waals surface area contributed by atoms with Crippen LogP contribution in [0.4, 0.5) is 18.9 Å². The van der Waals surface area contributed by atoms with Gasteiger partial charge in [0, 0.05) is 10.6 Å². The highest BCUT2D eigenvalue weighted by atomic mass is 35.5. The van der Waals surface area contributed by atoms with E-state index in [2.05, 4.69) is 5.16 Å². The molecule has 0 amide bonds. The molecule has 23 heavy (non-hydrogen) atoms. The van der Waals surface area contributed by atoms with Gasteiger partial charge in [0.25, 0.3) is 0 Å². The summed E-state index contributed by atoms with van der Waals surface area (Å²) in [5, 5.41) is 4.02. The van der Waals surface area contributed by atoms with Crippen molar-refractivity contribution < 1.29 is 26.4 Å². The van der Waals surface area contributed by atoms with E-state index in [1.165, 1.54) is 23.8 Å². The molecule has 1 N–H and O–H groups in total. The Bertz CT molecular complexity index is 690. The van der Waals surface area contributed by atoms with Crippen LogP contribution in [0.25, 0.3) is 0 Å². The van der Waals surface area contributed by atoms with Gasteiger partial charge in [0.15, 0.2) is 0 Å². The van der Waals surface area contributed by atoms with Gasteiger partial charge in [-0.15, -0.1) is 0 Å². The smallest absolute Gasteiger partial charge is 0.393 e. The summed E-state index contributed by atoms with van der Waals surface area (Å²) in [6.45, 7) is 5.11. The number of rotatable bonds is 6. The zero-order valence-electron chi connectivity index (χ0n) is 12.6. The number of hydrogen-bond donors (Lipinski definition) is 1. The lowest BCUT2D eigenvalue weighted by Gasteiger charge is -2.15. The molecule has 1 rings (SSSR count). The number of sulfonamides is 1. The molecule has 5 nitrogen and oxygen atoms in total. The number of anilines is 1. The first kappa shape index (κ1) is 19.6. The van der Waals surface area contributed by atoms with Crippen molar-refractivity contribution in [2.24, 2.45) is 5.16 Å². The molecule has 0 spiro atoms. The minimum atomic E-state index is -5.54. The van der Waals surface area contributed by atoms with Gasteiger partial charge in [0.2, 0.25) is 0 Å². The predicted octanol–water partition coefficient (Wildman–Crippen LogP) is 4.14. The summed E-state index contributed by atoms with van der Waals surface area (Å²) in [4.78, 5) is 5.15. The summed E-state index contributed by atoms with van der Waals surface area (Å²) in [5.41, 5.74) is -5.44. The van der Waals surface area contributed by atoms with Crippen LogP contribution >= 0.6 is 11.6 Å². The number of nitrogens with zero attached hydrogens (tertiary/aromatic N) is 1. The second-order valence-electron chi connectivity index (χ2n) is 4.74. The SMILES string of the molecule is CCC(C)ON=C(C)c1cc(Cl)ccc1NS(=O)(=O)C(F)(F)F. The van der Waals surface area contributed by atoms with E-state index in [4.69, 9.17) is 16.4 Å². The molecule has 0 fully saturated rings. The third-order valence-electron chi connectivity index (χ3n) is 2.86. The van der Waals surface area contributed by atoms with Gasteiger partial charge >= 0.3 is 15.5 Å². The van der Waals surface area contributed by atoms with Crippen LogP contribution in [0.2, 0.25) is 5.02 Å². The molecule has 0 aromatic heterocycles. The third kappa shape index (κ3) is 5.28. The molecule has 10 heteroatoms. The van der Waals surface area contributed by atoms with Crippen LogP contribution in [-0.2, 0) is 14.9 Å². The van der Waals surface area contributed by atoms with Crippen molar-refractivity contribution in [3.8, 4) is 0 Å². The highest BCUT2D eigenvalue weighted by Gasteiger charge is 2.46. The maximum atomic E-state index is 12.5. The van der Waals surface area contributed by atoms with E-state index in [0.29, 0.717) is 6.42 Å². The highest BCUT2D eigenvalue weighted by molar-refractivity contribution is 7.93. The van der Waals surface area contributed by atoms with Crippen molar-refractivity contribution in [3.63, 3.8) is 0 Å². The van der Waals surface area contributed by atoms with Crippen LogP contribution in [0.15, 0.2) is 23.4 Å². The Balaban J connectivity index is 3.21. The van der Waals surface area contributed by atoms with Gasteiger partial charge in [0.1, 0.15) is 6.10 Å². The fourth-order valence-corrected chi connectivity index (χ4v) is 2.16. The van der Waals surface area contributed by atoms with Gasteiger partial charge in [-0.1, -0.05) is 23.7 Å². The third-order valence-corrected chi connectivity index (χ3v) is 4.20. The van der Waals surface area contributed by atoms with Gasteiger partial charge in [-0.05, 0) is 38.5 Å². The van der Waals surface area contributed by atoms with E-state index in [1.807, 2.05) is 6.92 Å². The highest BCUT2D eigenvalue weighted by Crippen LogP contribution is 2.28. The van der Waals surface area contributed by atoms with E-state index in [-0.39, 0.29) is 28.1 Å². The fourth-order valence-electron chi connectivity index (χ4n) is 1.40. The number of benzene rings is 1. The molecular weight excluding hydrogens is 357 g/mol. The van der Waals surface area contributed by atoms with Crippen LogP contribution in [-0.4, -0.2) is 25.7 Å². The molecule has 1 aromatic rings. The molecule has 130 valence electrons. The molecule has 1 unspecified atom stereocenters. The average molecular weight is 373 g/mol. The van der Waals surface area contributed by atoms with E-state index in [0.717, 1.165) is 6.07 Å². The van der Waals surface area contributed by atoms with Crippen molar-refractivity contribution in [2.75, 3.05) is 4.72 Å². The Labute approximate surface area is 137 Å². The van der Waals surface area contributed by atoms with Crippen LogP contribution < -0.4 is 4.72 Å². The van der Waals surface area contributed by atoms with Gasteiger partial charge in [-0.25, -0.2) is 0 Å². The van der Waals surface area contributed by atoms with E-state index in [1.54, 1.807) is 6.92 Å². The van der Waals surface area contributed by atoms with Crippen molar-refractivity contribution in [3.05, 3.63) is 28.8 Å². The lowest BCUT2D eigenvalue weighted by atomic mass is 10.1. The summed E-state index contributed by atoms with van der Waals surface area (Å²) in [5.74, 6) is 0. The van der Waals surface area contributed by atoms with Crippen molar-refractivity contribution in [1.29, 1.82) is 0 Å². The normalized spacial score (nSPS) is 14.5. The Morgan fingerprint density at radius 2 is 2.04 bits per heavy atom. The minimum absolute atomic E-state index is 0.0913. The Hall–Kier alpha value is -1.48. The Morgan fingerprint density at radius 3 is 2.57 bits per heavy atom. The van der Waals surface area contributed by atoms with Gasteiger partial charge in [-0.2, -0.15) is 21.6 Å². The first-order valence-corrected chi connectivity index (χ1v) is 8.43. The summed E-state index contributed by atoms with van der Waals surface area (Å²) in [7, 11) is -5.54. The molecule has 0 saturated carbocycles. The first-order chi connectivity index (χ1) is 10.5. The van der Waals surface area contributed by atoms with Crippen LogP contribution in [0, 0.1) is 0 Å². The minimum Gasteiger partial charge on any atom is -0.393 e. The number of hydrogen-bond acceptors (Lipinski definition) is 4. The molecule has 1 aromatic carbocycles. The standard InChI is InChI=1S/C13H16ClF3N2O3S/c1-4-8(2)22-18-9(3)11-7-10(14)5-6-12(11)19-23(20,21)13(15,16)17/h5-8,19H,4H2,1-3H3. The van der Waals surface area contributed by atoms with E-state index in [9.17, 15) is 21.6 Å². The van der Waals surface area contributed by atoms with Crippen molar-refractivity contribution in [1.82, 2.24) is 0 Å². The zero-order chi connectivity index (χ0) is 17.8. The molecule has 0 heterocycles. The first-order valence-electron chi connectivity index (χ1n) is 6.57. The maximum absolute atomic E-state index is 12.5. The van der Waals surface area contributed by atoms with Crippen LogP contribution in [0.3, 0.4) is 0 Å². The number of nitrogens with one attached hydrogen (secondary N) is 1. The number of oxime groups is 1. The zero-order valence-corrected chi connectivity index (χ0v) is 14.2.